The second-order valence-corrected chi connectivity index (χ2v) is 8.44. The Hall–Kier alpha value is -3.14. The third kappa shape index (κ3) is 3.58. The largest absolute Gasteiger partial charge is 0.378 e. The van der Waals surface area contributed by atoms with Gasteiger partial charge >= 0.3 is 0 Å². The van der Waals surface area contributed by atoms with Crippen molar-refractivity contribution >= 4 is 18.0 Å². The first-order valence-electron chi connectivity index (χ1n) is 10.5. The highest BCUT2D eigenvalue weighted by Crippen LogP contribution is 2.51. The second-order valence-electron chi connectivity index (χ2n) is 8.44. The zero-order valence-corrected chi connectivity index (χ0v) is 18.1. The highest BCUT2D eigenvalue weighted by atomic mass is 16.1. The highest BCUT2D eigenvalue weighted by molar-refractivity contribution is 5.79. The Balaban J connectivity index is 1.69. The zero-order valence-electron chi connectivity index (χ0n) is 18.1. The number of nitrogens with zero attached hydrogens (tertiary/aromatic N) is 2. The number of hydrogen-bond acceptors (Lipinski definition) is 3. The SMILES string of the molecule is C/C=C1\[C@H]2C=C(C)C[C@]1(/N=C/C=C/c1ccc(N(C)C)cc1)c1ccc(=O)[nH]c1C2. The fourth-order valence-electron chi connectivity index (χ4n) is 4.86. The average Bonchev–Trinajstić information content (AvgIpc) is 2.71. The van der Waals surface area contributed by atoms with Crippen molar-refractivity contribution in [3.05, 3.63) is 92.9 Å². The number of rotatable bonds is 4. The number of allylic oxidation sites excluding steroid dienone is 3. The minimum absolute atomic E-state index is 0.0448. The quantitative estimate of drug-likeness (QED) is 0.588. The molecule has 0 saturated heterocycles. The van der Waals surface area contributed by atoms with Gasteiger partial charge in [0.1, 0.15) is 5.54 Å². The first-order valence-corrected chi connectivity index (χ1v) is 10.5. The summed E-state index contributed by atoms with van der Waals surface area (Å²) in [5.74, 6) is 0.286. The summed E-state index contributed by atoms with van der Waals surface area (Å²) in [7, 11) is 4.08. The Kier molecular flexibility index (Phi) is 5.33. The maximum absolute atomic E-state index is 11.9. The first kappa shape index (κ1) is 20.1. The van der Waals surface area contributed by atoms with Crippen LogP contribution in [0.3, 0.4) is 0 Å². The van der Waals surface area contributed by atoms with E-state index >= 15 is 0 Å². The molecule has 0 aliphatic heterocycles. The van der Waals surface area contributed by atoms with Crippen LogP contribution in [0.5, 0.6) is 0 Å². The summed E-state index contributed by atoms with van der Waals surface area (Å²) in [4.78, 5) is 22.2. The fourth-order valence-corrected chi connectivity index (χ4v) is 4.86. The first-order chi connectivity index (χ1) is 14.4. The third-order valence-corrected chi connectivity index (χ3v) is 6.16. The molecule has 2 aromatic rings. The molecule has 2 atom stereocenters. The number of aromatic nitrogens is 1. The van der Waals surface area contributed by atoms with Gasteiger partial charge in [0.2, 0.25) is 5.56 Å². The molecule has 2 aliphatic carbocycles. The van der Waals surface area contributed by atoms with Crippen LogP contribution >= 0.6 is 0 Å². The zero-order chi connectivity index (χ0) is 21.3. The lowest BCUT2D eigenvalue weighted by molar-refractivity contribution is 0.413. The van der Waals surface area contributed by atoms with E-state index in [-0.39, 0.29) is 11.5 Å². The standard InChI is InChI=1S/C26H29N3O/c1-5-22-20-15-18(2)17-26(22,23-12-13-25(30)28-24(23)16-20)27-14-6-7-19-8-10-21(11-9-19)29(3)4/h5-15,20H,16-17H2,1-4H3,(H,28,30)/b7-6+,22-5+,27-14+/t20-,26+/m0/s1. The topological polar surface area (TPSA) is 48.5 Å². The summed E-state index contributed by atoms with van der Waals surface area (Å²) in [5.41, 5.74) is 6.66. The second kappa shape index (κ2) is 7.94. The molecule has 1 aromatic carbocycles. The number of aromatic amines is 1. The van der Waals surface area contributed by atoms with E-state index in [0.29, 0.717) is 0 Å². The number of benzene rings is 1. The summed E-state index contributed by atoms with van der Waals surface area (Å²) in [6, 6.07) is 12.0. The van der Waals surface area contributed by atoms with Crippen LogP contribution in [-0.4, -0.2) is 25.3 Å². The van der Waals surface area contributed by atoms with Gasteiger partial charge < -0.3 is 9.88 Å². The van der Waals surface area contributed by atoms with Gasteiger partial charge in [-0.1, -0.05) is 35.9 Å². The van der Waals surface area contributed by atoms with E-state index in [0.717, 1.165) is 29.7 Å². The number of hydrogen-bond donors (Lipinski definition) is 1. The van der Waals surface area contributed by atoms with Gasteiger partial charge in [0.05, 0.1) is 0 Å². The lowest BCUT2D eigenvalue weighted by Gasteiger charge is -2.45. The maximum atomic E-state index is 11.9. The Morgan fingerprint density at radius 2 is 1.93 bits per heavy atom. The van der Waals surface area contributed by atoms with Crippen molar-refractivity contribution in [1.29, 1.82) is 0 Å². The monoisotopic (exact) mass is 399 g/mol. The minimum Gasteiger partial charge on any atom is -0.378 e. The van der Waals surface area contributed by atoms with Crippen LogP contribution in [0.15, 0.2) is 75.6 Å². The molecular weight excluding hydrogens is 370 g/mol. The van der Waals surface area contributed by atoms with Gasteiger partial charge in [-0.2, -0.15) is 0 Å². The Bertz CT molecular complexity index is 1120. The van der Waals surface area contributed by atoms with Crippen molar-refractivity contribution < 1.29 is 0 Å². The maximum Gasteiger partial charge on any atom is 0.248 e. The van der Waals surface area contributed by atoms with Crippen molar-refractivity contribution in [1.82, 2.24) is 4.98 Å². The molecular formula is C26H29N3O. The molecule has 154 valence electrons. The number of pyridine rings is 1. The Labute approximate surface area is 178 Å². The van der Waals surface area contributed by atoms with Crippen molar-refractivity contribution in [2.75, 3.05) is 19.0 Å². The van der Waals surface area contributed by atoms with Gasteiger partial charge in [0.15, 0.2) is 0 Å². The van der Waals surface area contributed by atoms with Crippen LogP contribution in [-0.2, 0) is 12.0 Å². The number of fused-ring (bicyclic) bond motifs is 4. The van der Waals surface area contributed by atoms with E-state index in [1.807, 2.05) is 32.5 Å². The lowest BCUT2D eigenvalue weighted by atomic mass is 9.63. The molecule has 1 heterocycles. The van der Waals surface area contributed by atoms with Gasteiger partial charge in [-0.15, -0.1) is 0 Å². The number of anilines is 1. The van der Waals surface area contributed by atoms with Gasteiger partial charge in [-0.25, -0.2) is 0 Å². The van der Waals surface area contributed by atoms with Crippen LogP contribution in [0.2, 0.25) is 0 Å². The highest BCUT2D eigenvalue weighted by Gasteiger charge is 2.46. The van der Waals surface area contributed by atoms with Gasteiger partial charge in [0.25, 0.3) is 0 Å². The minimum atomic E-state index is -0.435. The molecule has 0 unspecified atom stereocenters. The van der Waals surface area contributed by atoms with Crippen LogP contribution < -0.4 is 10.5 Å². The Morgan fingerprint density at radius 1 is 1.17 bits per heavy atom. The Morgan fingerprint density at radius 3 is 2.63 bits per heavy atom. The van der Waals surface area contributed by atoms with Crippen molar-refractivity contribution in [2.24, 2.45) is 10.9 Å². The molecule has 30 heavy (non-hydrogen) atoms. The molecule has 4 heteroatoms. The van der Waals surface area contributed by atoms with Crippen LogP contribution in [0.1, 0.15) is 37.1 Å². The molecule has 0 amide bonds. The van der Waals surface area contributed by atoms with Gasteiger partial charge in [-0.05, 0) is 55.7 Å². The molecule has 0 saturated carbocycles. The van der Waals surface area contributed by atoms with Crippen molar-refractivity contribution in [2.45, 2.75) is 32.2 Å². The summed E-state index contributed by atoms with van der Waals surface area (Å²) < 4.78 is 0. The molecule has 2 aliphatic rings. The van der Waals surface area contributed by atoms with E-state index < -0.39 is 5.54 Å². The van der Waals surface area contributed by atoms with Crippen LogP contribution in [0.4, 0.5) is 5.69 Å². The van der Waals surface area contributed by atoms with Gasteiger partial charge in [-0.3, -0.25) is 9.79 Å². The predicted molar refractivity (Wildman–Crippen MR) is 126 cm³/mol. The van der Waals surface area contributed by atoms with Crippen molar-refractivity contribution in [3.63, 3.8) is 0 Å². The summed E-state index contributed by atoms with van der Waals surface area (Å²) in [6.45, 7) is 4.28. The van der Waals surface area contributed by atoms with E-state index in [2.05, 4.69) is 66.2 Å². The summed E-state index contributed by atoms with van der Waals surface area (Å²) in [6.07, 6.45) is 12.2. The van der Waals surface area contributed by atoms with Crippen LogP contribution in [0.25, 0.3) is 6.08 Å². The van der Waals surface area contributed by atoms with Crippen LogP contribution in [0, 0.1) is 5.92 Å². The molecule has 4 nitrogen and oxygen atoms in total. The lowest BCUT2D eigenvalue weighted by Crippen LogP contribution is -2.40. The smallest absolute Gasteiger partial charge is 0.248 e. The van der Waals surface area contributed by atoms with E-state index in [1.165, 1.54) is 16.8 Å². The molecule has 1 aromatic heterocycles. The van der Waals surface area contributed by atoms with E-state index in [1.54, 1.807) is 6.07 Å². The molecule has 4 rings (SSSR count). The average molecular weight is 400 g/mol. The van der Waals surface area contributed by atoms with Crippen molar-refractivity contribution in [3.8, 4) is 0 Å². The summed E-state index contributed by atoms with van der Waals surface area (Å²) >= 11 is 0. The number of nitrogens with one attached hydrogen (secondary N) is 1. The fraction of sp³-hybridized carbons (Fsp3) is 0.308. The third-order valence-electron chi connectivity index (χ3n) is 6.16. The summed E-state index contributed by atoms with van der Waals surface area (Å²) in [5, 5.41) is 0. The molecule has 1 N–H and O–H groups in total. The van der Waals surface area contributed by atoms with E-state index in [9.17, 15) is 4.79 Å². The molecule has 0 fully saturated rings. The molecule has 0 spiro atoms. The normalized spacial score (nSPS) is 24.3. The molecule has 0 radical (unpaired) electrons. The predicted octanol–water partition coefficient (Wildman–Crippen LogP) is 4.89. The van der Waals surface area contributed by atoms with Gasteiger partial charge in [0, 0.05) is 55.7 Å². The number of aliphatic imine (C=N–C) groups is 1. The molecule has 2 bridgehead atoms. The van der Waals surface area contributed by atoms with E-state index in [4.69, 9.17) is 4.99 Å². The number of H-pyrrole nitrogens is 1.